The summed E-state index contributed by atoms with van der Waals surface area (Å²) in [5, 5.41) is 15.2. The first-order valence-electron chi connectivity index (χ1n) is 11.3. The molecule has 8 nitrogen and oxygen atoms in total. The Morgan fingerprint density at radius 3 is 2.56 bits per heavy atom. The number of ether oxygens (including phenoxy) is 1. The molecule has 178 valence electrons. The van der Waals surface area contributed by atoms with Crippen molar-refractivity contribution < 1.29 is 4.74 Å². The van der Waals surface area contributed by atoms with Crippen LogP contribution >= 0.6 is 24.0 Å². The molecule has 2 aromatic rings. The van der Waals surface area contributed by atoms with Gasteiger partial charge in [0.15, 0.2) is 5.96 Å². The Kier molecular flexibility index (Phi) is 11.4. The van der Waals surface area contributed by atoms with E-state index in [1.54, 1.807) is 6.33 Å². The predicted octanol–water partition coefficient (Wildman–Crippen LogP) is 2.35. The highest BCUT2D eigenvalue weighted by Gasteiger charge is 2.28. The fourth-order valence-corrected chi connectivity index (χ4v) is 3.72. The van der Waals surface area contributed by atoms with Crippen LogP contribution in [0.3, 0.4) is 0 Å². The molecule has 2 heterocycles. The highest BCUT2D eigenvalue weighted by Crippen LogP contribution is 2.16. The van der Waals surface area contributed by atoms with Gasteiger partial charge in [0.05, 0.1) is 19.8 Å². The fourth-order valence-electron chi connectivity index (χ4n) is 3.72. The lowest BCUT2D eigenvalue weighted by Gasteiger charge is -2.39. The van der Waals surface area contributed by atoms with E-state index in [0.29, 0.717) is 0 Å². The molecule has 2 N–H and O–H groups in total. The number of benzene rings is 1. The summed E-state index contributed by atoms with van der Waals surface area (Å²) in [6.45, 7) is 13.3. The minimum absolute atomic E-state index is 0. The number of morpholine rings is 1. The van der Waals surface area contributed by atoms with Crippen molar-refractivity contribution in [2.24, 2.45) is 4.99 Å². The number of hydrogen-bond acceptors (Lipinski definition) is 5. The minimum atomic E-state index is -0.0124. The highest BCUT2D eigenvalue weighted by molar-refractivity contribution is 14.0. The van der Waals surface area contributed by atoms with Gasteiger partial charge in [-0.2, -0.15) is 0 Å². The van der Waals surface area contributed by atoms with Gasteiger partial charge in [-0.15, -0.1) is 34.2 Å². The first-order chi connectivity index (χ1) is 15.1. The summed E-state index contributed by atoms with van der Waals surface area (Å²) < 4.78 is 7.60. The number of aliphatic imine (C=N–C) groups is 1. The van der Waals surface area contributed by atoms with Crippen LogP contribution in [0.2, 0.25) is 0 Å². The van der Waals surface area contributed by atoms with Crippen LogP contribution in [-0.2, 0) is 24.1 Å². The summed E-state index contributed by atoms with van der Waals surface area (Å²) in [5.74, 6) is 1.86. The maximum absolute atomic E-state index is 5.51. The summed E-state index contributed by atoms with van der Waals surface area (Å²) in [6, 6.07) is 10.5. The number of aromatic nitrogens is 3. The van der Waals surface area contributed by atoms with E-state index in [9.17, 15) is 0 Å². The average Bonchev–Trinajstić information content (AvgIpc) is 3.26. The molecule has 1 fully saturated rings. The van der Waals surface area contributed by atoms with E-state index in [2.05, 4.69) is 81.4 Å². The van der Waals surface area contributed by atoms with Gasteiger partial charge < -0.3 is 19.9 Å². The number of nitrogens with one attached hydrogen (secondary N) is 2. The summed E-state index contributed by atoms with van der Waals surface area (Å²) in [5.41, 5.74) is 1.31. The molecule has 1 aliphatic heterocycles. The first kappa shape index (κ1) is 26.5. The molecule has 0 atom stereocenters. The number of guanidine groups is 1. The van der Waals surface area contributed by atoms with Crippen molar-refractivity contribution in [2.45, 2.75) is 45.7 Å². The van der Waals surface area contributed by atoms with Crippen molar-refractivity contribution in [1.29, 1.82) is 0 Å². The van der Waals surface area contributed by atoms with Crippen LogP contribution < -0.4 is 10.6 Å². The van der Waals surface area contributed by atoms with Gasteiger partial charge in [0.25, 0.3) is 0 Å². The Morgan fingerprint density at radius 1 is 1.12 bits per heavy atom. The third-order valence-corrected chi connectivity index (χ3v) is 5.70. The van der Waals surface area contributed by atoms with Gasteiger partial charge in [-0.05, 0) is 25.8 Å². The van der Waals surface area contributed by atoms with Crippen molar-refractivity contribution in [3.05, 3.63) is 48.0 Å². The number of halogens is 1. The van der Waals surface area contributed by atoms with Gasteiger partial charge in [-0.1, -0.05) is 37.3 Å². The van der Waals surface area contributed by atoms with Gasteiger partial charge in [0.2, 0.25) is 0 Å². The van der Waals surface area contributed by atoms with Crippen molar-refractivity contribution in [3.63, 3.8) is 0 Å². The van der Waals surface area contributed by atoms with Crippen LogP contribution in [-0.4, -0.2) is 77.1 Å². The SMILES string of the molecule is CCc1nncn1CCNC(=NCC(C)(C)N1CCOCC1)NCCc1ccccc1.I. The van der Waals surface area contributed by atoms with E-state index in [1.807, 2.05) is 0 Å². The van der Waals surface area contributed by atoms with Crippen LogP contribution in [0, 0.1) is 0 Å². The molecular weight excluding hydrogens is 517 g/mol. The second-order valence-electron chi connectivity index (χ2n) is 8.46. The second kappa shape index (κ2) is 13.7. The summed E-state index contributed by atoms with van der Waals surface area (Å²) in [7, 11) is 0. The second-order valence-corrected chi connectivity index (χ2v) is 8.46. The molecule has 1 saturated heterocycles. The van der Waals surface area contributed by atoms with Crippen molar-refractivity contribution >= 4 is 29.9 Å². The van der Waals surface area contributed by atoms with E-state index in [-0.39, 0.29) is 29.5 Å². The van der Waals surface area contributed by atoms with Crippen LogP contribution in [0.5, 0.6) is 0 Å². The molecule has 0 spiro atoms. The van der Waals surface area contributed by atoms with E-state index >= 15 is 0 Å². The summed E-state index contributed by atoms with van der Waals surface area (Å²) in [4.78, 5) is 7.40. The maximum atomic E-state index is 5.51. The quantitative estimate of drug-likeness (QED) is 0.266. The molecule has 1 aromatic heterocycles. The molecular formula is C23H38IN7O. The first-order valence-corrected chi connectivity index (χ1v) is 11.3. The smallest absolute Gasteiger partial charge is 0.191 e. The van der Waals surface area contributed by atoms with Crippen LogP contribution in [0.4, 0.5) is 0 Å². The molecule has 9 heteroatoms. The molecule has 0 bridgehead atoms. The number of hydrogen-bond donors (Lipinski definition) is 2. The third-order valence-electron chi connectivity index (χ3n) is 5.70. The Balaban J connectivity index is 0.00000363. The van der Waals surface area contributed by atoms with Gasteiger partial charge >= 0.3 is 0 Å². The molecule has 1 aromatic carbocycles. The number of aryl methyl sites for hydroxylation is 1. The van der Waals surface area contributed by atoms with E-state index < -0.39 is 0 Å². The fraction of sp³-hybridized carbons (Fsp3) is 0.609. The van der Waals surface area contributed by atoms with Gasteiger partial charge in [0.1, 0.15) is 12.2 Å². The minimum Gasteiger partial charge on any atom is -0.379 e. The predicted molar refractivity (Wildman–Crippen MR) is 140 cm³/mol. The number of nitrogens with zero attached hydrogens (tertiary/aromatic N) is 5. The third kappa shape index (κ3) is 8.32. The highest BCUT2D eigenvalue weighted by atomic mass is 127. The molecule has 1 aliphatic rings. The summed E-state index contributed by atoms with van der Waals surface area (Å²) >= 11 is 0. The standard InChI is InChI=1S/C23H37N7O.HI/c1-4-21-28-27-19-29(21)13-12-25-22(24-11-10-20-8-6-5-7-9-20)26-18-23(2,3)30-14-16-31-17-15-30;/h5-9,19H,4,10-18H2,1-3H3,(H2,24,25,26);1H. The Hall–Kier alpha value is -1.72. The zero-order valence-corrected chi connectivity index (χ0v) is 21.9. The molecule has 0 aliphatic carbocycles. The number of rotatable bonds is 10. The molecule has 32 heavy (non-hydrogen) atoms. The molecule has 0 radical (unpaired) electrons. The van der Waals surface area contributed by atoms with Crippen molar-refractivity contribution in [1.82, 2.24) is 30.3 Å². The van der Waals surface area contributed by atoms with E-state index in [0.717, 1.165) is 77.1 Å². The topological polar surface area (TPSA) is 79.6 Å². The zero-order chi connectivity index (χ0) is 21.9. The molecule has 0 amide bonds. The normalized spacial score (nSPS) is 15.3. The maximum Gasteiger partial charge on any atom is 0.191 e. The molecule has 3 rings (SSSR count). The summed E-state index contributed by atoms with van der Waals surface area (Å²) in [6.07, 6.45) is 3.63. The lowest BCUT2D eigenvalue weighted by Crippen LogP contribution is -2.52. The van der Waals surface area contributed by atoms with Crippen LogP contribution in [0.15, 0.2) is 41.7 Å². The largest absolute Gasteiger partial charge is 0.379 e. The van der Waals surface area contributed by atoms with Gasteiger partial charge in [0, 0.05) is 44.7 Å². The van der Waals surface area contributed by atoms with Crippen molar-refractivity contribution in [2.75, 3.05) is 45.9 Å². The Morgan fingerprint density at radius 2 is 1.84 bits per heavy atom. The lowest BCUT2D eigenvalue weighted by atomic mass is 10.0. The average molecular weight is 556 g/mol. The van der Waals surface area contributed by atoms with Crippen molar-refractivity contribution in [3.8, 4) is 0 Å². The molecule has 0 saturated carbocycles. The molecule has 0 unspecified atom stereocenters. The van der Waals surface area contributed by atoms with Gasteiger partial charge in [-0.3, -0.25) is 9.89 Å². The van der Waals surface area contributed by atoms with E-state index in [4.69, 9.17) is 9.73 Å². The van der Waals surface area contributed by atoms with E-state index in [1.165, 1.54) is 5.56 Å². The van der Waals surface area contributed by atoms with Crippen LogP contribution in [0.25, 0.3) is 0 Å². The Labute approximate surface area is 209 Å². The Bertz CT molecular complexity index is 804. The monoisotopic (exact) mass is 555 g/mol. The van der Waals surface area contributed by atoms with Crippen LogP contribution in [0.1, 0.15) is 32.2 Å². The van der Waals surface area contributed by atoms with Gasteiger partial charge in [-0.25, -0.2) is 0 Å². The lowest BCUT2D eigenvalue weighted by molar-refractivity contribution is -0.00683. The zero-order valence-electron chi connectivity index (χ0n) is 19.6.